The molecule has 0 heterocycles. The molecule has 0 spiro atoms. The quantitative estimate of drug-likeness (QED) is 0.0263. The summed E-state index contributed by atoms with van der Waals surface area (Å²) in [7, 11) is 0. The Hall–Kier alpha value is -3.67. The molecule has 6 nitrogen and oxygen atoms in total. The van der Waals surface area contributed by atoms with Gasteiger partial charge in [0, 0.05) is 19.3 Å². The van der Waals surface area contributed by atoms with E-state index in [1.54, 1.807) is 0 Å². The van der Waals surface area contributed by atoms with Crippen LogP contribution in [-0.4, -0.2) is 37.2 Å². The van der Waals surface area contributed by atoms with Gasteiger partial charge in [-0.25, -0.2) is 0 Å². The minimum Gasteiger partial charge on any atom is -0.462 e. The minimum atomic E-state index is -0.813. The lowest BCUT2D eigenvalue weighted by Gasteiger charge is -2.18. The van der Waals surface area contributed by atoms with E-state index in [4.69, 9.17) is 14.2 Å². The smallest absolute Gasteiger partial charge is 0.306 e. The second-order valence-electron chi connectivity index (χ2n) is 16.0. The molecular formula is C55H90O6. The predicted octanol–water partition coefficient (Wildman–Crippen LogP) is 16.2. The Morgan fingerprint density at radius 1 is 0.344 bits per heavy atom. The van der Waals surface area contributed by atoms with Gasteiger partial charge in [0.2, 0.25) is 0 Å². The van der Waals surface area contributed by atoms with E-state index in [-0.39, 0.29) is 37.5 Å². The first-order valence-electron chi connectivity index (χ1n) is 24.7. The molecule has 0 N–H and O–H groups in total. The van der Waals surface area contributed by atoms with Gasteiger partial charge < -0.3 is 14.2 Å². The lowest BCUT2D eigenvalue weighted by atomic mass is 10.1. The lowest BCUT2D eigenvalue weighted by Crippen LogP contribution is -2.30. The molecule has 0 aliphatic carbocycles. The maximum absolute atomic E-state index is 12.8. The van der Waals surface area contributed by atoms with Crippen LogP contribution in [0.2, 0.25) is 0 Å². The third-order valence-corrected chi connectivity index (χ3v) is 10.1. The van der Waals surface area contributed by atoms with Crippen molar-refractivity contribution in [3.05, 3.63) is 97.2 Å². The van der Waals surface area contributed by atoms with Crippen molar-refractivity contribution in [2.45, 2.75) is 219 Å². The van der Waals surface area contributed by atoms with Crippen molar-refractivity contribution >= 4 is 17.9 Å². The van der Waals surface area contributed by atoms with Crippen LogP contribution < -0.4 is 0 Å². The van der Waals surface area contributed by atoms with Crippen LogP contribution in [-0.2, 0) is 28.6 Å². The van der Waals surface area contributed by atoms with Gasteiger partial charge in [-0.3, -0.25) is 14.4 Å². The fraction of sp³-hybridized carbons (Fsp3) is 0.655. The fourth-order valence-electron chi connectivity index (χ4n) is 6.39. The van der Waals surface area contributed by atoms with Gasteiger partial charge in [-0.1, -0.05) is 182 Å². The van der Waals surface area contributed by atoms with Crippen molar-refractivity contribution in [2.75, 3.05) is 13.2 Å². The van der Waals surface area contributed by atoms with E-state index in [1.807, 2.05) is 0 Å². The molecule has 0 aromatic heterocycles. The molecule has 0 aromatic carbocycles. The van der Waals surface area contributed by atoms with Crippen molar-refractivity contribution in [1.82, 2.24) is 0 Å². The largest absolute Gasteiger partial charge is 0.462 e. The number of rotatable bonds is 43. The van der Waals surface area contributed by atoms with Gasteiger partial charge >= 0.3 is 17.9 Å². The SMILES string of the molecule is CC/C=C\C/C=C\C/C=C\C/C=C\C/C=C\CCCC(=O)OCC(COC(=O)CCCCCCC/C=C\C/C=C\CC)OC(=O)CCCCC/C=C\CCCCCCCCC. The lowest BCUT2D eigenvalue weighted by molar-refractivity contribution is -0.167. The first-order valence-corrected chi connectivity index (χ1v) is 24.7. The Morgan fingerprint density at radius 2 is 0.656 bits per heavy atom. The van der Waals surface area contributed by atoms with E-state index in [9.17, 15) is 14.4 Å². The molecule has 0 aliphatic rings. The Labute approximate surface area is 375 Å². The molecule has 1 atom stereocenters. The van der Waals surface area contributed by atoms with Crippen molar-refractivity contribution in [2.24, 2.45) is 0 Å². The molecule has 0 aromatic rings. The van der Waals surface area contributed by atoms with Crippen molar-refractivity contribution < 1.29 is 28.6 Å². The van der Waals surface area contributed by atoms with E-state index >= 15 is 0 Å². The maximum atomic E-state index is 12.8. The van der Waals surface area contributed by atoms with Crippen LogP contribution in [0.15, 0.2) is 97.2 Å². The number of hydrogen-bond donors (Lipinski definition) is 0. The molecule has 1 unspecified atom stereocenters. The Bertz CT molecular complexity index is 1250. The zero-order valence-electron chi connectivity index (χ0n) is 39.4. The highest BCUT2D eigenvalue weighted by Crippen LogP contribution is 2.12. The summed E-state index contributed by atoms with van der Waals surface area (Å²) >= 11 is 0. The minimum absolute atomic E-state index is 0.110. The fourth-order valence-corrected chi connectivity index (χ4v) is 6.39. The summed E-state index contributed by atoms with van der Waals surface area (Å²) in [6, 6.07) is 0. The summed E-state index contributed by atoms with van der Waals surface area (Å²) in [6.45, 7) is 6.32. The standard InChI is InChI=1S/C55H90O6/c1-4-7-10-13-16-19-22-25-27-28-29-31-33-36-39-42-45-48-54(57)60-51-52(50-59-53(56)47-44-41-38-35-32-24-21-18-15-12-9-6-3)61-55(58)49-46-43-40-37-34-30-26-23-20-17-14-11-8-5-2/h7,9-10,12,16,18-19,21,25,27,29-31,34,36,39,52H,4-6,8,11,13-15,17,20,22-24,26,28,32-33,35,37-38,40-51H2,1-3H3/b10-7-,12-9-,19-16-,21-18-,27-25-,31-29-,34-30-,39-36-. The highest BCUT2D eigenvalue weighted by atomic mass is 16.6. The number of allylic oxidation sites excluding steroid dienone is 16. The van der Waals surface area contributed by atoms with Gasteiger partial charge in [-0.2, -0.15) is 0 Å². The molecule has 0 saturated heterocycles. The molecule has 0 radical (unpaired) electrons. The molecule has 6 heteroatoms. The molecule has 0 bridgehead atoms. The summed E-state index contributed by atoms with van der Waals surface area (Å²) in [5.74, 6) is -1.01. The van der Waals surface area contributed by atoms with Crippen LogP contribution in [0.25, 0.3) is 0 Å². The number of unbranched alkanes of at least 4 members (excludes halogenated alkanes) is 16. The van der Waals surface area contributed by atoms with Crippen LogP contribution in [0.3, 0.4) is 0 Å². The first-order chi connectivity index (χ1) is 30.0. The summed E-state index contributed by atoms with van der Waals surface area (Å²) in [5.41, 5.74) is 0. The Balaban J connectivity index is 4.52. The molecule has 0 aliphatic heterocycles. The first kappa shape index (κ1) is 57.3. The van der Waals surface area contributed by atoms with E-state index < -0.39 is 6.10 Å². The molecule has 346 valence electrons. The Kier molecular flexibility index (Phi) is 46.0. The summed E-state index contributed by atoms with van der Waals surface area (Å²) in [6.07, 6.45) is 64.0. The average molecular weight is 847 g/mol. The zero-order chi connectivity index (χ0) is 44.4. The molecule has 0 fully saturated rings. The van der Waals surface area contributed by atoms with Gasteiger partial charge in [-0.15, -0.1) is 0 Å². The summed E-state index contributed by atoms with van der Waals surface area (Å²) in [4.78, 5) is 37.9. The molecular weight excluding hydrogens is 757 g/mol. The monoisotopic (exact) mass is 847 g/mol. The molecule has 0 rings (SSSR count). The predicted molar refractivity (Wildman–Crippen MR) is 260 cm³/mol. The third kappa shape index (κ3) is 47.2. The van der Waals surface area contributed by atoms with Gasteiger partial charge in [-0.05, 0) is 109 Å². The molecule has 0 amide bonds. The van der Waals surface area contributed by atoms with Crippen LogP contribution in [0.1, 0.15) is 213 Å². The van der Waals surface area contributed by atoms with Crippen LogP contribution >= 0.6 is 0 Å². The van der Waals surface area contributed by atoms with Gasteiger partial charge in [0.15, 0.2) is 6.10 Å². The van der Waals surface area contributed by atoms with Crippen molar-refractivity contribution in [1.29, 1.82) is 0 Å². The van der Waals surface area contributed by atoms with E-state index in [1.165, 1.54) is 44.9 Å². The van der Waals surface area contributed by atoms with Crippen LogP contribution in [0.5, 0.6) is 0 Å². The van der Waals surface area contributed by atoms with Gasteiger partial charge in [0.1, 0.15) is 13.2 Å². The highest BCUT2D eigenvalue weighted by molar-refractivity contribution is 5.71. The van der Waals surface area contributed by atoms with Crippen LogP contribution in [0, 0.1) is 0 Å². The number of esters is 3. The van der Waals surface area contributed by atoms with E-state index in [0.717, 1.165) is 122 Å². The second kappa shape index (κ2) is 49.0. The van der Waals surface area contributed by atoms with Gasteiger partial charge in [0.25, 0.3) is 0 Å². The second-order valence-corrected chi connectivity index (χ2v) is 16.0. The zero-order valence-corrected chi connectivity index (χ0v) is 39.4. The number of ether oxygens (including phenoxy) is 3. The number of carbonyl (C=O) groups is 3. The third-order valence-electron chi connectivity index (χ3n) is 10.1. The maximum Gasteiger partial charge on any atom is 0.306 e. The molecule has 0 saturated carbocycles. The average Bonchev–Trinajstić information content (AvgIpc) is 3.26. The van der Waals surface area contributed by atoms with Crippen molar-refractivity contribution in [3.63, 3.8) is 0 Å². The number of hydrogen-bond acceptors (Lipinski definition) is 6. The topological polar surface area (TPSA) is 78.9 Å². The van der Waals surface area contributed by atoms with E-state index in [0.29, 0.717) is 19.3 Å². The van der Waals surface area contributed by atoms with E-state index in [2.05, 4.69) is 118 Å². The van der Waals surface area contributed by atoms with Gasteiger partial charge in [0.05, 0.1) is 0 Å². The highest BCUT2D eigenvalue weighted by Gasteiger charge is 2.19. The number of carbonyl (C=O) groups excluding carboxylic acids is 3. The Morgan fingerprint density at radius 3 is 1.10 bits per heavy atom. The normalized spacial score (nSPS) is 12.9. The van der Waals surface area contributed by atoms with Crippen LogP contribution in [0.4, 0.5) is 0 Å². The summed E-state index contributed by atoms with van der Waals surface area (Å²) < 4.78 is 16.7. The summed E-state index contributed by atoms with van der Waals surface area (Å²) in [5, 5.41) is 0. The molecule has 61 heavy (non-hydrogen) atoms. The van der Waals surface area contributed by atoms with Crippen molar-refractivity contribution in [3.8, 4) is 0 Å².